The topological polar surface area (TPSA) is 63.8 Å². The number of anilines is 1. The number of aryl methyl sites for hydroxylation is 2. The zero-order valence-electron chi connectivity index (χ0n) is 8.69. The first-order valence-electron chi connectivity index (χ1n) is 4.69. The van der Waals surface area contributed by atoms with Crippen LogP contribution in [0, 0.1) is 13.8 Å². The Hall–Kier alpha value is -1.91. The molecule has 0 aromatic carbocycles. The Balaban J connectivity index is 2.05. The lowest BCUT2D eigenvalue weighted by molar-refractivity contribution is 0.392. The van der Waals surface area contributed by atoms with Gasteiger partial charge in [0.25, 0.3) is 0 Å². The number of aromatic nitrogens is 3. The molecular formula is C10H12N4O. The fraction of sp³-hybridized carbons (Fsp3) is 0.300. The van der Waals surface area contributed by atoms with E-state index >= 15 is 0 Å². The third kappa shape index (κ3) is 2.12. The monoisotopic (exact) mass is 204 g/mol. The van der Waals surface area contributed by atoms with Crippen LogP contribution in [0.1, 0.15) is 17.0 Å². The molecule has 2 aromatic rings. The second kappa shape index (κ2) is 4.08. The van der Waals surface area contributed by atoms with Gasteiger partial charge in [-0.2, -0.15) is 0 Å². The van der Waals surface area contributed by atoms with Crippen LogP contribution in [-0.2, 0) is 6.54 Å². The quantitative estimate of drug-likeness (QED) is 0.824. The summed E-state index contributed by atoms with van der Waals surface area (Å²) in [5, 5.41) is 7.03. The Morgan fingerprint density at radius 1 is 1.33 bits per heavy atom. The first-order chi connectivity index (χ1) is 7.27. The average molecular weight is 204 g/mol. The molecule has 0 bridgehead atoms. The second-order valence-electron chi connectivity index (χ2n) is 3.25. The van der Waals surface area contributed by atoms with Gasteiger partial charge in [0.2, 0.25) is 0 Å². The molecule has 0 aliphatic rings. The Morgan fingerprint density at radius 2 is 2.20 bits per heavy atom. The smallest absolute Gasteiger partial charge is 0.144 e. The molecule has 0 atom stereocenters. The predicted molar refractivity (Wildman–Crippen MR) is 55.3 cm³/mol. The number of rotatable bonds is 3. The highest BCUT2D eigenvalue weighted by atomic mass is 16.5. The number of hydrogen-bond acceptors (Lipinski definition) is 5. The van der Waals surface area contributed by atoms with E-state index in [1.165, 1.54) is 0 Å². The highest BCUT2D eigenvalue weighted by Gasteiger charge is 2.08. The van der Waals surface area contributed by atoms with E-state index in [2.05, 4.69) is 20.4 Å². The highest BCUT2D eigenvalue weighted by molar-refractivity contribution is 5.33. The van der Waals surface area contributed by atoms with Crippen molar-refractivity contribution < 1.29 is 4.52 Å². The summed E-state index contributed by atoms with van der Waals surface area (Å²) in [5.74, 6) is 1.58. The summed E-state index contributed by atoms with van der Waals surface area (Å²) < 4.78 is 5.06. The van der Waals surface area contributed by atoms with E-state index in [-0.39, 0.29) is 0 Å². The molecule has 1 N–H and O–H groups in total. The highest BCUT2D eigenvalue weighted by Crippen LogP contribution is 2.13. The first kappa shape index (κ1) is 9.64. The van der Waals surface area contributed by atoms with Gasteiger partial charge in [-0.05, 0) is 13.8 Å². The van der Waals surface area contributed by atoms with Gasteiger partial charge in [-0.25, -0.2) is 4.98 Å². The van der Waals surface area contributed by atoms with Crippen LogP contribution in [0.5, 0.6) is 0 Å². The van der Waals surface area contributed by atoms with E-state index in [0.29, 0.717) is 6.54 Å². The minimum absolute atomic E-state index is 0.653. The molecule has 78 valence electrons. The maximum Gasteiger partial charge on any atom is 0.144 e. The molecule has 0 fully saturated rings. The van der Waals surface area contributed by atoms with Gasteiger partial charge in [0.1, 0.15) is 11.6 Å². The fourth-order valence-corrected chi connectivity index (χ4v) is 1.32. The standard InChI is InChI=1S/C10H12N4O/c1-7-9(8(2)15-14-7)5-13-10-6-11-3-4-12-10/h3-4,6H,5H2,1-2H3,(H,12,13). The summed E-state index contributed by atoms with van der Waals surface area (Å²) in [5.41, 5.74) is 1.98. The van der Waals surface area contributed by atoms with Crippen molar-refractivity contribution in [2.24, 2.45) is 0 Å². The van der Waals surface area contributed by atoms with Crippen LogP contribution in [0.25, 0.3) is 0 Å². The molecule has 5 heteroatoms. The van der Waals surface area contributed by atoms with Crippen LogP contribution < -0.4 is 5.32 Å². The minimum atomic E-state index is 0.653. The van der Waals surface area contributed by atoms with Gasteiger partial charge >= 0.3 is 0 Å². The third-order valence-corrected chi connectivity index (χ3v) is 2.19. The maximum absolute atomic E-state index is 5.06. The Morgan fingerprint density at radius 3 is 2.80 bits per heavy atom. The van der Waals surface area contributed by atoms with Gasteiger partial charge in [-0.15, -0.1) is 0 Å². The molecule has 2 rings (SSSR count). The Kier molecular flexibility index (Phi) is 2.62. The predicted octanol–water partition coefficient (Wildman–Crippen LogP) is 1.69. The van der Waals surface area contributed by atoms with Crippen LogP contribution in [0.2, 0.25) is 0 Å². The first-order valence-corrected chi connectivity index (χ1v) is 4.69. The van der Waals surface area contributed by atoms with Crippen LogP contribution in [0.15, 0.2) is 23.1 Å². The molecule has 0 aliphatic carbocycles. The zero-order chi connectivity index (χ0) is 10.7. The molecule has 0 spiro atoms. The fourth-order valence-electron chi connectivity index (χ4n) is 1.32. The van der Waals surface area contributed by atoms with Gasteiger partial charge in [0, 0.05) is 24.5 Å². The van der Waals surface area contributed by atoms with Crippen molar-refractivity contribution in [3.63, 3.8) is 0 Å². The van der Waals surface area contributed by atoms with Gasteiger partial charge in [-0.1, -0.05) is 5.16 Å². The SMILES string of the molecule is Cc1noc(C)c1CNc1cnccn1. The van der Waals surface area contributed by atoms with Gasteiger partial charge in [0.15, 0.2) is 0 Å². The van der Waals surface area contributed by atoms with Crippen molar-refractivity contribution in [1.82, 2.24) is 15.1 Å². The van der Waals surface area contributed by atoms with E-state index < -0.39 is 0 Å². The molecule has 15 heavy (non-hydrogen) atoms. The molecule has 2 heterocycles. The molecule has 5 nitrogen and oxygen atoms in total. The van der Waals surface area contributed by atoms with Crippen molar-refractivity contribution in [3.8, 4) is 0 Å². The normalized spacial score (nSPS) is 10.3. The van der Waals surface area contributed by atoms with Crippen molar-refractivity contribution in [2.45, 2.75) is 20.4 Å². The molecule has 0 radical (unpaired) electrons. The van der Waals surface area contributed by atoms with Crippen LogP contribution >= 0.6 is 0 Å². The van der Waals surface area contributed by atoms with Gasteiger partial charge in [-0.3, -0.25) is 4.98 Å². The summed E-state index contributed by atoms with van der Waals surface area (Å²) in [7, 11) is 0. The lowest BCUT2D eigenvalue weighted by Crippen LogP contribution is -2.02. The molecule has 0 aliphatic heterocycles. The molecule has 0 amide bonds. The Bertz CT molecular complexity index is 418. The average Bonchev–Trinajstić information content (AvgIpc) is 2.58. The number of hydrogen-bond donors (Lipinski definition) is 1. The maximum atomic E-state index is 5.06. The molecule has 0 saturated heterocycles. The van der Waals surface area contributed by atoms with E-state index in [1.54, 1.807) is 18.6 Å². The number of nitrogens with one attached hydrogen (secondary N) is 1. The van der Waals surface area contributed by atoms with Crippen molar-refractivity contribution in [1.29, 1.82) is 0 Å². The van der Waals surface area contributed by atoms with E-state index in [0.717, 1.165) is 22.8 Å². The Labute approximate surface area is 87.5 Å². The summed E-state index contributed by atoms with van der Waals surface area (Å²) >= 11 is 0. The van der Waals surface area contributed by atoms with Crippen LogP contribution in [0.3, 0.4) is 0 Å². The summed E-state index contributed by atoms with van der Waals surface area (Å²) in [6, 6.07) is 0. The van der Waals surface area contributed by atoms with Crippen molar-refractivity contribution in [3.05, 3.63) is 35.6 Å². The van der Waals surface area contributed by atoms with E-state index in [4.69, 9.17) is 4.52 Å². The van der Waals surface area contributed by atoms with Crippen LogP contribution in [-0.4, -0.2) is 15.1 Å². The molecular weight excluding hydrogens is 192 g/mol. The third-order valence-electron chi connectivity index (χ3n) is 2.19. The van der Waals surface area contributed by atoms with Crippen LogP contribution in [0.4, 0.5) is 5.82 Å². The summed E-state index contributed by atoms with van der Waals surface area (Å²) in [6.07, 6.45) is 4.97. The van der Waals surface area contributed by atoms with Crippen molar-refractivity contribution in [2.75, 3.05) is 5.32 Å². The number of nitrogens with zero attached hydrogens (tertiary/aromatic N) is 3. The van der Waals surface area contributed by atoms with Gasteiger partial charge in [0.05, 0.1) is 11.9 Å². The van der Waals surface area contributed by atoms with Crippen molar-refractivity contribution >= 4 is 5.82 Å². The largest absolute Gasteiger partial charge is 0.365 e. The minimum Gasteiger partial charge on any atom is -0.365 e. The zero-order valence-corrected chi connectivity index (χ0v) is 8.69. The second-order valence-corrected chi connectivity index (χ2v) is 3.25. The van der Waals surface area contributed by atoms with E-state index in [9.17, 15) is 0 Å². The van der Waals surface area contributed by atoms with E-state index in [1.807, 2.05) is 13.8 Å². The van der Waals surface area contributed by atoms with Gasteiger partial charge < -0.3 is 9.84 Å². The molecule has 0 saturated carbocycles. The summed E-state index contributed by atoms with van der Waals surface area (Å²) in [6.45, 7) is 4.47. The molecule has 0 unspecified atom stereocenters. The lowest BCUT2D eigenvalue weighted by atomic mass is 10.2. The molecule has 2 aromatic heterocycles. The summed E-state index contributed by atoms with van der Waals surface area (Å²) in [4.78, 5) is 8.08. The lowest BCUT2D eigenvalue weighted by Gasteiger charge is -2.03.